The van der Waals surface area contributed by atoms with E-state index in [0.29, 0.717) is 17.3 Å². The maximum atomic E-state index is 13.2. The van der Waals surface area contributed by atoms with Crippen molar-refractivity contribution in [3.8, 4) is 6.07 Å². The molecule has 0 saturated carbocycles. The summed E-state index contributed by atoms with van der Waals surface area (Å²) in [4.78, 5) is 6.56. The number of rotatable bonds is 4. The molecule has 1 fully saturated rings. The maximum Gasteiger partial charge on any atom is 0.142 e. The highest BCUT2D eigenvalue weighted by molar-refractivity contribution is 6.31. The summed E-state index contributed by atoms with van der Waals surface area (Å²) in [6.07, 6.45) is 2.11. The van der Waals surface area contributed by atoms with Crippen LogP contribution in [0.15, 0.2) is 36.4 Å². The maximum absolute atomic E-state index is 13.2. The molecule has 0 bridgehead atoms. The van der Waals surface area contributed by atoms with E-state index in [0.717, 1.165) is 37.3 Å². The Bertz CT molecular complexity index is 759. The second kappa shape index (κ2) is 7.61. The number of benzene rings is 1. The predicted molar refractivity (Wildman–Crippen MR) is 92.3 cm³/mol. The second-order valence-electron chi connectivity index (χ2n) is 5.97. The van der Waals surface area contributed by atoms with Gasteiger partial charge in [0.25, 0.3) is 0 Å². The van der Waals surface area contributed by atoms with Gasteiger partial charge >= 0.3 is 0 Å². The monoisotopic (exact) mass is 344 g/mol. The van der Waals surface area contributed by atoms with Gasteiger partial charge in [-0.2, -0.15) is 5.26 Å². The molecule has 0 radical (unpaired) electrons. The topological polar surface area (TPSA) is 52.0 Å². The summed E-state index contributed by atoms with van der Waals surface area (Å²) in [6.45, 7) is 2.53. The fourth-order valence-corrected chi connectivity index (χ4v) is 3.22. The first-order chi connectivity index (χ1) is 11.6. The Morgan fingerprint density at radius 3 is 3.04 bits per heavy atom. The minimum atomic E-state index is -0.314. The molecule has 1 aliphatic rings. The van der Waals surface area contributed by atoms with Crippen LogP contribution in [0.25, 0.3) is 0 Å². The number of piperidine rings is 1. The minimum Gasteiger partial charge on any atom is -0.366 e. The zero-order valence-corrected chi connectivity index (χ0v) is 13.9. The van der Waals surface area contributed by atoms with Crippen molar-refractivity contribution in [1.29, 1.82) is 5.26 Å². The molecular weight excluding hydrogens is 327 g/mol. The Hall–Kier alpha value is -2.16. The first-order valence-corrected chi connectivity index (χ1v) is 8.32. The second-order valence-corrected chi connectivity index (χ2v) is 6.38. The molecule has 124 valence electrons. The zero-order chi connectivity index (χ0) is 16.9. The zero-order valence-electron chi connectivity index (χ0n) is 13.2. The van der Waals surface area contributed by atoms with Crippen LogP contribution in [0.1, 0.15) is 24.1 Å². The molecule has 0 amide bonds. The Morgan fingerprint density at radius 1 is 1.38 bits per heavy atom. The van der Waals surface area contributed by atoms with Crippen LogP contribution < -0.4 is 5.32 Å². The lowest BCUT2D eigenvalue weighted by atomic mass is 10.0. The van der Waals surface area contributed by atoms with E-state index < -0.39 is 0 Å². The molecule has 6 heteroatoms. The molecule has 1 aromatic heterocycles. The molecule has 1 N–H and O–H groups in total. The van der Waals surface area contributed by atoms with Crippen LogP contribution in [0.3, 0.4) is 0 Å². The molecule has 1 aromatic carbocycles. The van der Waals surface area contributed by atoms with E-state index in [4.69, 9.17) is 16.9 Å². The van der Waals surface area contributed by atoms with E-state index in [9.17, 15) is 4.39 Å². The quantitative estimate of drug-likeness (QED) is 0.916. The van der Waals surface area contributed by atoms with Gasteiger partial charge in [-0.15, -0.1) is 0 Å². The van der Waals surface area contributed by atoms with Gasteiger partial charge in [0, 0.05) is 24.2 Å². The van der Waals surface area contributed by atoms with E-state index >= 15 is 0 Å². The molecule has 0 spiro atoms. The Balaban J connectivity index is 1.62. The van der Waals surface area contributed by atoms with Crippen molar-refractivity contribution in [3.05, 3.63) is 58.5 Å². The standard InChI is InChI=1S/C18H18ClFN4/c19-17-9-14(20)7-6-13(17)11-24-8-2-4-16(12-24)23-18-5-1-3-15(10-21)22-18/h1,3,5-7,9,16H,2,4,8,11-12H2,(H,22,23). The summed E-state index contributed by atoms with van der Waals surface area (Å²) < 4.78 is 13.2. The number of halogens is 2. The van der Waals surface area contributed by atoms with Gasteiger partial charge in [-0.1, -0.05) is 23.7 Å². The third-order valence-corrected chi connectivity index (χ3v) is 4.48. The average Bonchev–Trinajstić information content (AvgIpc) is 2.58. The molecule has 1 aliphatic heterocycles. The molecule has 4 nitrogen and oxygen atoms in total. The smallest absolute Gasteiger partial charge is 0.142 e. The van der Waals surface area contributed by atoms with Crippen LogP contribution in [0.5, 0.6) is 0 Å². The fourth-order valence-electron chi connectivity index (χ4n) is 2.99. The summed E-state index contributed by atoms with van der Waals surface area (Å²) in [5.74, 6) is 0.408. The van der Waals surface area contributed by atoms with Gasteiger partial charge in [-0.3, -0.25) is 4.90 Å². The van der Waals surface area contributed by atoms with Gasteiger partial charge in [0.15, 0.2) is 0 Å². The number of pyridine rings is 1. The molecule has 0 aliphatic carbocycles. The highest BCUT2D eigenvalue weighted by Crippen LogP contribution is 2.22. The van der Waals surface area contributed by atoms with Crippen molar-refractivity contribution >= 4 is 17.4 Å². The van der Waals surface area contributed by atoms with Gasteiger partial charge < -0.3 is 5.32 Å². The van der Waals surface area contributed by atoms with Crippen LogP contribution in [-0.2, 0) is 6.54 Å². The van der Waals surface area contributed by atoms with Crippen molar-refractivity contribution < 1.29 is 4.39 Å². The van der Waals surface area contributed by atoms with Crippen LogP contribution in [0, 0.1) is 17.1 Å². The summed E-state index contributed by atoms with van der Waals surface area (Å²) >= 11 is 6.13. The highest BCUT2D eigenvalue weighted by atomic mass is 35.5. The van der Waals surface area contributed by atoms with Crippen molar-refractivity contribution in [3.63, 3.8) is 0 Å². The summed E-state index contributed by atoms with van der Waals surface area (Å²) in [6, 6.07) is 12.2. The number of nitrogens with one attached hydrogen (secondary N) is 1. The van der Waals surface area contributed by atoms with Gasteiger partial charge in [-0.25, -0.2) is 9.37 Å². The molecule has 1 saturated heterocycles. The van der Waals surface area contributed by atoms with Crippen LogP contribution in [0.4, 0.5) is 10.2 Å². The molecule has 2 heterocycles. The van der Waals surface area contributed by atoms with Crippen molar-refractivity contribution in [2.75, 3.05) is 18.4 Å². The number of hydrogen-bond donors (Lipinski definition) is 1. The number of nitrogens with zero attached hydrogens (tertiary/aromatic N) is 3. The van der Waals surface area contributed by atoms with Crippen LogP contribution in [-0.4, -0.2) is 29.0 Å². The predicted octanol–water partition coefficient (Wildman–Crippen LogP) is 3.82. The summed E-state index contributed by atoms with van der Waals surface area (Å²) in [5, 5.41) is 12.8. The van der Waals surface area contributed by atoms with E-state index in [1.54, 1.807) is 12.1 Å². The van der Waals surface area contributed by atoms with Gasteiger partial charge in [0.2, 0.25) is 0 Å². The van der Waals surface area contributed by atoms with E-state index in [1.807, 2.05) is 18.2 Å². The Kier molecular flexibility index (Phi) is 5.29. The molecule has 3 rings (SSSR count). The number of aromatic nitrogens is 1. The lowest BCUT2D eigenvalue weighted by Gasteiger charge is -2.33. The van der Waals surface area contributed by atoms with Crippen LogP contribution in [0.2, 0.25) is 5.02 Å². The van der Waals surface area contributed by atoms with Gasteiger partial charge in [-0.05, 0) is 49.2 Å². The molecule has 1 unspecified atom stereocenters. The fraction of sp³-hybridized carbons (Fsp3) is 0.333. The highest BCUT2D eigenvalue weighted by Gasteiger charge is 2.21. The van der Waals surface area contributed by atoms with Crippen molar-refractivity contribution in [2.24, 2.45) is 0 Å². The lowest BCUT2D eigenvalue weighted by molar-refractivity contribution is 0.208. The van der Waals surface area contributed by atoms with Gasteiger partial charge in [0.1, 0.15) is 23.4 Å². The van der Waals surface area contributed by atoms with Crippen LogP contribution >= 0.6 is 11.6 Å². The number of hydrogen-bond acceptors (Lipinski definition) is 4. The molecular formula is C18H18ClFN4. The Morgan fingerprint density at radius 2 is 2.25 bits per heavy atom. The first kappa shape index (κ1) is 16.7. The van der Waals surface area contributed by atoms with E-state index in [1.165, 1.54) is 12.1 Å². The van der Waals surface area contributed by atoms with Crippen molar-refractivity contribution in [2.45, 2.75) is 25.4 Å². The number of nitriles is 1. The van der Waals surface area contributed by atoms with E-state index in [-0.39, 0.29) is 11.9 Å². The Labute approximate surface area is 145 Å². The number of likely N-dealkylation sites (tertiary alicyclic amines) is 1. The minimum absolute atomic E-state index is 0.263. The molecule has 1 atom stereocenters. The molecule has 2 aromatic rings. The lowest BCUT2D eigenvalue weighted by Crippen LogP contribution is -2.41. The van der Waals surface area contributed by atoms with Gasteiger partial charge in [0.05, 0.1) is 0 Å². The third-order valence-electron chi connectivity index (χ3n) is 4.13. The number of anilines is 1. The largest absolute Gasteiger partial charge is 0.366 e. The molecule has 24 heavy (non-hydrogen) atoms. The first-order valence-electron chi connectivity index (χ1n) is 7.94. The van der Waals surface area contributed by atoms with E-state index in [2.05, 4.69) is 15.2 Å². The van der Waals surface area contributed by atoms with Crippen molar-refractivity contribution in [1.82, 2.24) is 9.88 Å². The SMILES string of the molecule is N#Cc1cccc(NC2CCCN(Cc3ccc(F)cc3Cl)C2)n1. The average molecular weight is 345 g/mol. The summed E-state index contributed by atoms with van der Waals surface area (Å²) in [7, 11) is 0. The summed E-state index contributed by atoms with van der Waals surface area (Å²) in [5.41, 5.74) is 1.34. The third kappa shape index (κ3) is 4.22. The normalized spacial score (nSPS) is 18.1.